The van der Waals surface area contributed by atoms with Crippen LogP contribution in [0.25, 0.3) is 0 Å². The second-order valence-electron chi connectivity index (χ2n) is 6.78. The molecule has 1 fully saturated rings. The van der Waals surface area contributed by atoms with E-state index < -0.39 is 0 Å². The smallest absolute Gasteiger partial charge is 0.145 e. The van der Waals surface area contributed by atoms with E-state index in [0.717, 1.165) is 32.5 Å². The third-order valence-corrected chi connectivity index (χ3v) is 5.25. The molecule has 4 nitrogen and oxygen atoms in total. The first-order chi connectivity index (χ1) is 10.1. The highest BCUT2D eigenvalue weighted by atomic mass is 16.4. The maximum atomic E-state index is 8.89. The first kappa shape index (κ1) is 14.4. The summed E-state index contributed by atoms with van der Waals surface area (Å²) in [6.07, 6.45) is 5.70. The molecule has 0 saturated carbocycles. The van der Waals surface area contributed by atoms with Crippen molar-refractivity contribution in [2.45, 2.75) is 45.6 Å². The summed E-state index contributed by atoms with van der Waals surface area (Å²) in [6, 6.07) is 6.98. The summed E-state index contributed by atoms with van der Waals surface area (Å²) >= 11 is 0. The number of nitrogens with zero attached hydrogens (tertiary/aromatic N) is 2. The van der Waals surface area contributed by atoms with Crippen LogP contribution < -0.4 is 5.73 Å². The second-order valence-corrected chi connectivity index (χ2v) is 6.78. The minimum Gasteiger partial charge on any atom is -0.409 e. The zero-order valence-electron chi connectivity index (χ0n) is 12.8. The van der Waals surface area contributed by atoms with E-state index in [2.05, 4.69) is 35.2 Å². The highest BCUT2D eigenvalue weighted by Crippen LogP contribution is 2.32. The topological polar surface area (TPSA) is 61.9 Å². The Kier molecular flexibility index (Phi) is 3.89. The number of oxime groups is 1. The van der Waals surface area contributed by atoms with Crippen molar-refractivity contribution < 1.29 is 5.21 Å². The van der Waals surface area contributed by atoms with E-state index in [-0.39, 0.29) is 5.41 Å². The molecule has 0 atom stereocenters. The molecule has 3 N–H and O–H groups in total. The Balaban J connectivity index is 1.61. The Morgan fingerprint density at radius 2 is 2.00 bits per heavy atom. The molecular formula is C17H25N3O. The number of benzene rings is 1. The Labute approximate surface area is 126 Å². The van der Waals surface area contributed by atoms with Crippen LogP contribution >= 0.6 is 0 Å². The molecule has 4 heteroatoms. The number of hydrogen-bond donors (Lipinski definition) is 2. The highest BCUT2D eigenvalue weighted by molar-refractivity contribution is 5.85. The molecule has 1 aliphatic heterocycles. The number of fused-ring (bicyclic) bond motifs is 1. The van der Waals surface area contributed by atoms with Gasteiger partial charge in [-0.15, -0.1) is 0 Å². The molecule has 0 aromatic heterocycles. The summed E-state index contributed by atoms with van der Waals surface area (Å²) in [7, 11) is 0. The van der Waals surface area contributed by atoms with Gasteiger partial charge in [0.15, 0.2) is 0 Å². The minimum absolute atomic E-state index is 0.150. The molecule has 21 heavy (non-hydrogen) atoms. The van der Waals surface area contributed by atoms with Crippen LogP contribution in [0, 0.1) is 5.41 Å². The SMILES string of the molecule is CC1(/C(N)=N/O)CCN(Cc2ccc3c(c2)CCC3)CC1. The van der Waals surface area contributed by atoms with Gasteiger partial charge in [-0.2, -0.15) is 0 Å². The van der Waals surface area contributed by atoms with Crippen molar-refractivity contribution in [2.75, 3.05) is 13.1 Å². The first-order valence-electron chi connectivity index (χ1n) is 7.92. The number of hydrogen-bond acceptors (Lipinski definition) is 3. The monoisotopic (exact) mass is 287 g/mol. The number of nitrogens with two attached hydrogens (primary N) is 1. The number of amidine groups is 1. The fraction of sp³-hybridized carbons (Fsp3) is 0.588. The van der Waals surface area contributed by atoms with E-state index in [1.807, 2.05) is 0 Å². The molecule has 1 aliphatic carbocycles. The predicted octanol–water partition coefficient (Wildman–Crippen LogP) is 2.52. The third-order valence-electron chi connectivity index (χ3n) is 5.25. The van der Waals surface area contributed by atoms with Crippen LogP contribution in [0.4, 0.5) is 0 Å². The van der Waals surface area contributed by atoms with Crippen molar-refractivity contribution in [2.24, 2.45) is 16.3 Å². The summed E-state index contributed by atoms with van der Waals surface area (Å²) in [5.74, 6) is 0.375. The maximum absolute atomic E-state index is 8.89. The molecule has 1 saturated heterocycles. The van der Waals surface area contributed by atoms with E-state index in [0.29, 0.717) is 5.84 Å². The first-order valence-corrected chi connectivity index (χ1v) is 7.92. The standard InChI is InChI=1S/C17H25N3O/c1-17(16(18)19-21)7-9-20(10-8-17)12-13-5-6-14-3-2-4-15(14)11-13/h5-6,11,21H,2-4,7-10,12H2,1H3,(H2,18,19). The predicted molar refractivity (Wildman–Crippen MR) is 84.5 cm³/mol. The molecule has 0 spiro atoms. The van der Waals surface area contributed by atoms with Crippen LogP contribution in [0.15, 0.2) is 23.4 Å². The van der Waals surface area contributed by atoms with Crippen molar-refractivity contribution in [3.05, 3.63) is 34.9 Å². The molecule has 114 valence electrons. The fourth-order valence-electron chi connectivity index (χ4n) is 3.56. The quantitative estimate of drug-likeness (QED) is 0.389. The average Bonchev–Trinajstić information content (AvgIpc) is 2.96. The van der Waals surface area contributed by atoms with E-state index in [1.165, 1.54) is 30.4 Å². The maximum Gasteiger partial charge on any atom is 0.145 e. The third kappa shape index (κ3) is 2.91. The Hall–Kier alpha value is -1.55. The van der Waals surface area contributed by atoms with Crippen LogP contribution in [0.5, 0.6) is 0 Å². The minimum atomic E-state index is -0.150. The largest absolute Gasteiger partial charge is 0.409 e. The lowest BCUT2D eigenvalue weighted by molar-refractivity contribution is 0.153. The lowest BCUT2D eigenvalue weighted by Gasteiger charge is -2.38. The number of aryl methyl sites for hydroxylation is 2. The molecule has 2 aliphatic rings. The van der Waals surface area contributed by atoms with Gasteiger partial charge in [0.1, 0.15) is 5.84 Å². The highest BCUT2D eigenvalue weighted by Gasteiger charge is 2.34. The lowest BCUT2D eigenvalue weighted by Crippen LogP contribution is -2.45. The number of piperidine rings is 1. The van der Waals surface area contributed by atoms with Crippen molar-refractivity contribution in [3.63, 3.8) is 0 Å². The number of likely N-dealkylation sites (tertiary alicyclic amines) is 1. The Morgan fingerprint density at radius 3 is 2.71 bits per heavy atom. The van der Waals surface area contributed by atoms with Crippen molar-refractivity contribution in [1.82, 2.24) is 4.90 Å². The van der Waals surface area contributed by atoms with Crippen molar-refractivity contribution >= 4 is 5.84 Å². The van der Waals surface area contributed by atoms with Crippen LogP contribution in [0.1, 0.15) is 42.9 Å². The van der Waals surface area contributed by atoms with E-state index in [1.54, 1.807) is 5.56 Å². The van der Waals surface area contributed by atoms with Gasteiger partial charge in [-0.05, 0) is 61.9 Å². The summed E-state index contributed by atoms with van der Waals surface area (Å²) in [5.41, 5.74) is 10.2. The van der Waals surface area contributed by atoms with Crippen LogP contribution in [0.3, 0.4) is 0 Å². The molecule has 1 aromatic rings. The molecule has 0 bridgehead atoms. The van der Waals surface area contributed by atoms with E-state index in [9.17, 15) is 0 Å². The van der Waals surface area contributed by atoms with Crippen LogP contribution in [0.2, 0.25) is 0 Å². The summed E-state index contributed by atoms with van der Waals surface area (Å²) < 4.78 is 0. The molecule has 1 aromatic carbocycles. The number of rotatable bonds is 3. The molecule has 0 unspecified atom stereocenters. The van der Waals surface area contributed by atoms with Gasteiger partial charge in [-0.25, -0.2) is 0 Å². The van der Waals surface area contributed by atoms with Crippen LogP contribution in [-0.4, -0.2) is 29.0 Å². The average molecular weight is 287 g/mol. The van der Waals surface area contributed by atoms with Crippen molar-refractivity contribution in [3.8, 4) is 0 Å². The summed E-state index contributed by atoms with van der Waals surface area (Å²) in [6.45, 7) is 5.11. The molecule has 1 heterocycles. The second kappa shape index (κ2) is 5.68. The van der Waals surface area contributed by atoms with Crippen molar-refractivity contribution in [1.29, 1.82) is 0 Å². The zero-order chi connectivity index (χ0) is 14.9. The molecule has 3 rings (SSSR count). The molecule has 0 amide bonds. The van der Waals surface area contributed by atoms with Gasteiger partial charge in [-0.1, -0.05) is 30.3 Å². The fourth-order valence-corrected chi connectivity index (χ4v) is 3.56. The van der Waals surface area contributed by atoms with Gasteiger partial charge in [-0.3, -0.25) is 4.90 Å². The summed E-state index contributed by atoms with van der Waals surface area (Å²) in [5, 5.41) is 12.1. The van der Waals surface area contributed by atoms with E-state index >= 15 is 0 Å². The lowest BCUT2D eigenvalue weighted by atomic mass is 9.79. The van der Waals surface area contributed by atoms with Gasteiger partial charge in [0.25, 0.3) is 0 Å². The van der Waals surface area contributed by atoms with Gasteiger partial charge < -0.3 is 10.9 Å². The molecule has 0 radical (unpaired) electrons. The van der Waals surface area contributed by atoms with Gasteiger partial charge in [0.2, 0.25) is 0 Å². The normalized spacial score (nSPS) is 22.2. The Morgan fingerprint density at radius 1 is 1.29 bits per heavy atom. The molecular weight excluding hydrogens is 262 g/mol. The zero-order valence-corrected chi connectivity index (χ0v) is 12.8. The summed E-state index contributed by atoms with van der Waals surface area (Å²) in [4.78, 5) is 2.48. The van der Waals surface area contributed by atoms with Gasteiger partial charge in [0.05, 0.1) is 0 Å². The van der Waals surface area contributed by atoms with E-state index in [4.69, 9.17) is 10.9 Å². The van der Waals surface area contributed by atoms with Crippen LogP contribution in [-0.2, 0) is 19.4 Å². The Bertz CT molecular complexity index is 545. The van der Waals surface area contributed by atoms with Gasteiger partial charge in [0, 0.05) is 12.0 Å². The van der Waals surface area contributed by atoms with Gasteiger partial charge >= 0.3 is 0 Å².